The maximum absolute atomic E-state index is 6.32. The average molecular weight is 255 g/mol. The van der Waals surface area contributed by atoms with Crippen molar-refractivity contribution < 1.29 is 0 Å². The molecule has 96 valence electrons. The normalized spacial score (nSPS) is 12.5. The quantitative estimate of drug-likeness (QED) is 0.835. The second kappa shape index (κ2) is 6.87. The van der Waals surface area contributed by atoms with Gasteiger partial charge in [0.05, 0.1) is 10.7 Å². The van der Waals surface area contributed by atoms with Gasteiger partial charge in [-0.15, -0.1) is 0 Å². The lowest BCUT2D eigenvalue weighted by molar-refractivity contribution is 0.560. The van der Waals surface area contributed by atoms with E-state index in [2.05, 4.69) is 43.2 Å². The van der Waals surface area contributed by atoms with E-state index >= 15 is 0 Å². The van der Waals surface area contributed by atoms with E-state index in [1.54, 1.807) is 0 Å². The molecule has 0 aliphatic carbocycles. The van der Waals surface area contributed by atoms with Gasteiger partial charge in [-0.3, -0.25) is 0 Å². The van der Waals surface area contributed by atoms with Gasteiger partial charge in [0.15, 0.2) is 0 Å². The van der Waals surface area contributed by atoms with E-state index in [-0.39, 0.29) is 0 Å². The Morgan fingerprint density at radius 2 is 2.12 bits per heavy atom. The van der Waals surface area contributed by atoms with Crippen LogP contribution in [0.3, 0.4) is 0 Å². The molecule has 1 aromatic rings. The van der Waals surface area contributed by atoms with Crippen molar-refractivity contribution in [3.8, 4) is 0 Å². The van der Waals surface area contributed by atoms with Crippen LogP contribution < -0.4 is 10.2 Å². The molecular weight excluding hydrogens is 232 g/mol. The molecule has 0 aromatic heterocycles. The molecule has 0 saturated heterocycles. The molecule has 1 rings (SSSR count). The summed E-state index contributed by atoms with van der Waals surface area (Å²) in [4.78, 5) is 2.24. The first-order valence-corrected chi connectivity index (χ1v) is 6.60. The number of nitrogens with one attached hydrogen (secondary N) is 1. The van der Waals surface area contributed by atoms with Crippen LogP contribution in [0.2, 0.25) is 5.02 Å². The summed E-state index contributed by atoms with van der Waals surface area (Å²) in [6.45, 7) is 6.38. The van der Waals surface area contributed by atoms with E-state index in [9.17, 15) is 0 Å². The van der Waals surface area contributed by atoms with Crippen molar-refractivity contribution >= 4 is 17.3 Å². The van der Waals surface area contributed by atoms with Crippen molar-refractivity contribution in [2.75, 3.05) is 25.5 Å². The van der Waals surface area contributed by atoms with Gasteiger partial charge < -0.3 is 10.2 Å². The summed E-state index contributed by atoms with van der Waals surface area (Å²) >= 11 is 6.32. The molecule has 0 bridgehead atoms. The Morgan fingerprint density at radius 1 is 1.41 bits per heavy atom. The Labute approximate surface area is 110 Å². The molecule has 0 aliphatic rings. The van der Waals surface area contributed by atoms with E-state index in [0.717, 1.165) is 23.8 Å². The highest BCUT2D eigenvalue weighted by molar-refractivity contribution is 6.33. The molecule has 0 heterocycles. The molecule has 0 amide bonds. The Morgan fingerprint density at radius 3 is 2.65 bits per heavy atom. The fourth-order valence-electron chi connectivity index (χ4n) is 1.87. The largest absolute Gasteiger partial charge is 0.373 e. The van der Waals surface area contributed by atoms with E-state index in [1.807, 2.05) is 13.1 Å². The minimum Gasteiger partial charge on any atom is -0.373 e. The predicted octanol–water partition coefficient (Wildman–Crippen LogP) is 3.54. The number of nitrogens with zero attached hydrogens (tertiary/aromatic N) is 1. The van der Waals surface area contributed by atoms with Crippen molar-refractivity contribution in [3.05, 3.63) is 28.8 Å². The molecule has 0 aliphatic heterocycles. The standard InChI is InChI=1S/C14H23ClN2/c1-5-11(2)10-17(4)14-7-6-12(9-16-3)8-13(14)15/h6-8,11,16H,5,9-10H2,1-4H3. The van der Waals surface area contributed by atoms with Gasteiger partial charge in [0.2, 0.25) is 0 Å². The minimum absolute atomic E-state index is 0.688. The van der Waals surface area contributed by atoms with Crippen molar-refractivity contribution in [1.29, 1.82) is 0 Å². The molecule has 3 heteroatoms. The number of benzene rings is 1. The van der Waals surface area contributed by atoms with Crippen LogP contribution in [0.1, 0.15) is 25.8 Å². The fourth-order valence-corrected chi connectivity index (χ4v) is 2.22. The van der Waals surface area contributed by atoms with Gasteiger partial charge in [-0.25, -0.2) is 0 Å². The third-order valence-electron chi connectivity index (χ3n) is 3.09. The highest BCUT2D eigenvalue weighted by atomic mass is 35.5. The summed E-state index contributed by atoms with van der Waals surface area (Å²) in [7, 11) is 4.04. The molecule has 2 nitrogen and oxygen atoms in total. The summed E-state index contributed by atoms with van der Waals surface area (Å²) in [5, 5.41) is 3.97. The Balaban J connectivity index is 2.77. The first-order chi connectivity index (χ1) is 8.08. The molecule has 17 heavy (non-hydrogen) atoms. The summed E-state index contributed by atoms with van der Waals surface area (Å²) < 4.78 is 0. The summed E-state index contributed by atoms with van der Waals surface area (Å²) in [6, 6.07) is 6.28. The topological polar surface area (TPSA) is 15.3 Å². The van der Waals surface area contributed by atoms with E-state index in [1.165, 1.54) is 12.0 Å². The monoisotopic (exact) mass is 254 g/mol. The van der Waals surface area contributed by atoms with Gasteiger partial charge in [0.25, 0.3) is 0 Å². The van der Waals surface area contributed by atoms with E-state index < -0.39 is 0 Å². The fraction of sp³-hybridized carbons (Fsp3) is 0.571. The highest BCUT2D eigenvalue weighted by Gasteiger charge is 2.09. The zero-order valence-corrected chi connectivity index (χ0v) is 12.0. The lowest BCUT2D eigenvalue weighted by atomic mass is 10.1. The summed E-state index contributed by atoms with van der Waals surface area (Å²) in [5.74, 6) is 0.688. The van der Waals surface area contributed by atoms with Gasteiger partial charge in [0.1, 0.15) is 0 Å². The van der Waals surface area contributed by atoms with Gasteiger partial charge in [-0.2, -0.15) is 0 Å². The third-order valence-corrected chi connectivity index (χ3v) is 3.39. The highest BCUT2D eigenvalue weighted by Crippen LogP contribution is 2.26. The first kappa shape index (κ1) is 14.3. The number of rotatable bonds is 6. The minimum atomic E-state index is 0.688. The van der Waals surface area contributed by atoms with Crippen molar-refractivity contribution in [3.63, 3.8) is 0 Å². The summed E-state index contributed by atoms with van der Waals surface area (Å²) in [5.41, 5.74) is 2.34. The third kappa shape index (κ3) is 4.21. The lowest BCUT2D eigenvalue weighted by Crippen LogP contribution is -2.23. The lowest BCUT2D eigenvalue weighted by Gasteiger charge is -2.24. The average Bonchev–Trinajstić information content (AvgIpc) is 2.29. The van der Waals surface area contributed by atoms with Crippen LogP contribution in [0.15, 0.2) is 18.2 Å². The van der Waals surface area contributed by atoms with Gasteiger partial charge >= 0.3 is 0 Å². The Kier molecular flexibility index (Phi) is 5.79. The van der Waals surface area contributed by atoms with Crippen LogP contribution in [0.5, 0.6) is 0 Å². The molecule has 0 fully saturated rings. The molecule has 1 unspecified atom stereocenters. The van der Waals surface area contributed by atoms with Crippen LogP contribution in [0.4, 0.5) is 5.69 Å². The smallest absolute Gasteiger partial charge is 0.0642 e. The SMILES string of the molecule is CCC(C)CN(C)c1ccc(CNC)cc1Cl. The maximum Gasteiger partial charge on any atom is 0.0642 e. The van der Waals surface area contributed by atoms with Crippen LogP contribution in [0.25, 0.3) is 0 Å². The van der Waals surface area contributed by atoms with E-state index in [0.29, 0.717) is 5.92 Å². The van der Waals surface area contributed by atoms with Crippen LogP contribution in [-0.4, -0.2) is 20.6 Å². The molecule has 0 spiro atoms. The maximum atomic E-state index is 6.32. The molecule has 0 saturated carbocycles. The zero-order chi connectivity index (χ0) is 12.8. The summed E-state index contributed by atoms with van der Waals surface area (Å²) in [6.07, 6.45) is 1.19. The van der Waals surface area contributed by atoms with Crippen molar-refractivity contribution in [1.82, 2.24) is 5.32 Å². The van der Waals surface area contributed by atoms with Crippen molar-refractivity contribution in [2.45, 2.75) is 26.8 Å². The predicted molar refractivity (Wildman–Crippen MR) is 76.9 cm³/mol. The molecular formula is C14H23ClN2. The molecule has 0 radical (unpaired) electrons. The number of hydrogen-bond acceptors (Lipinski definition) is 2. The number of halogens is 1. The van der Waals surface area contributed by atoms with Gasteiger partial charge in [-0.1, -0.05) is 37.9 Å². The second-order valence-electron chi connectivity index (χ2n) is 4.71. The van der Waals surface area contributed by atoms with Crippen LogP contribution in [-0.2, 0) is 6.54 Å². The Bertz CT molecular complexity index is 352. The van der Waals surface area contributed by atoms with Crippen LogP contribution >= 0.6 is 11.6 Å². The van der Waals surface area contributed by atoms with Crippen molar-refractivity contribution in [2.24, 2.45) is 5.92 Å². The Hall–Kier alpha value is -0.730. The second-order valence-corrected chi connectivity index (χ2v) is 5.12. The van der Waals surface area contributed by atoms with E-state index in [4.69, 9.17) is 11.6 Å². The van der Waals surface area contributed by atoms with Crippen LogP contribution in [0, 0.1) is 5.92 Å². The number of hydrogen-bond donors (Lipinski definition) is 1. The van der Waals surface area contributed by atoms with Gasteiger partial charge in [-0.05, 0) is 30.7 Å². The van der Waals surface area contributed by atoms with Gasteiger partial charge in [0, 0.05) is 20.1 Å². The number of anilines is 1. The molecule has 1 atom stereocenters. The zero-order valence-electron chi connectivity index (χ0n) is 11.3. The molecule has 1 aromatic carbocycles. The first-order valence-electron chi connectivity index (χ1n) is 6.22. The molecule has 1 N–H and O–H groups in total.